The summed E-state index contributed by atoms with van der Waals surface area (Å²) in [5, 5.41) is 14.9. The molecule has 1 fully saturated rings. The SMILES string of the molecule is CCOC(=O)[C@H](C)NC(=O)N1CCC(c2nnc(C(=O)Nc3ccc(C)cc3)s2)CC1. The number of carbonyl (C=O) groups excluding carboxylic acids is 3. The van der Waals surface area contributed by atoms with Crippen molar-refractivity contribution in [1.82, 2.24) is 20.4 Å². The van der Waals surface area contributed by atoms with Crippen LogP contribution in [0, 0.1) is 6.92 Å². The van der Waals surface area contributed by atoms with Crippen molar-refractivity contribution in [2.45, 2.75) is 45.6 Å². The van der Waals surface area contributed by atoms with Crippen LogP contribution in [0.5, 0.6) is 0 Å². The second kappa shape index (κ2) is 10.3. The van der Waals surface area contributed by atoms with Gasteiger partial charge in [0.15, 0.2) is 0 Å². The van der Waals surface area contributed by atoms with Crippen molar-refractivity contribution in [3.8, 4) is 0 Å². The first kappa shape index (κ1) is 22.7. The highest BCUT2D eigenvalue weighted by atomic mass is 32.1. The van der Waals surface area contributed by atoms with Gasteiger partial charge in [-0.3, -0.25) is 4.79 Å². The van der Waals surface area contributed by atoms with E-state index in [2.05, 4.69) is 20.8 Å². The van der Waals surface area contributed by atoms with Crippen LogP contribution >= 0.6 is 11.3 Å². The molecule has 0 spiro atoms. The highest BCUT2D eigenvalue weighted by molar-refractivity contribution is 7.13. The largest absolute Gasteiger partial charge is 0.464 e. The zero-order chi connectivity index (χ0) is 22.4. The van der Waals surface area contributed by atoms with Gasteiger partial charge in [0, 0.05) is 24.7 Å². The summed E-state index contributed by atoms with van der Waals surface area (Å²) in [4.78, 5) is 38.2. The molecule has 1 aromatic carbocycles. The third-order valence-electron chi connectivity index (χ3n) is 5.06. The molecule has 1 aromatic heterocycles. The maximum Gasteiger partial charge on any atom is 0.328 e. The molecule has 9 nitrogen and oxygen atoms in total. The number of urea groups is 1. The number of likely N-dealkylation sites (tertiary alicyclic amines) is 1. The minimum atomic E-state index is -0.692. The molecule has 0 bridgehead atoms. The Kier molecular flexibility index (Phi) is 7.56. The second-order valence-corrected chi connectivity index (χ2v) is 8.46. The summed E-state index contributed by atoms with van der Waals surface area (Å²) < 4.78 is 4.91. The first-order valence-corrected chi connectivity index (χ1v) is 11.1. The van der Waals surface area contributed by atoms with E-state index in [0.29, 0.717) is 23.8 Å². The minimum absolute atomic E-state index is 0.143. The maximum atomic E-state index is 12.4. The predicted octanol–water partition coefficient (Wildman–Crippen LogP) is 2.94. The van der Waals surface area contributed by atoms with Gasteiger partial charge in [-0.1, -0.05) is 29.0 Å². The molecular formula is C21H27N5O4S. The van der Waals surface area contributed by atoms with E-state index in [4.69, 9.17) is 4.74 Å². The van der Waals surface area contributed by atoms with E-state index in [1.807, 2.05) is 31.2 Å². The van der Waals surface area contributed by atoms with E-state index in [9.17, 15) is 14.4 Å². The normalized spacial score (nSPS) is 15.3. The molecule has 1 saturated heterocycles. The highest BCUT2D eigenvalue weighted by Crippen LogP contribution is 2.30. The molecule has 0 unspecified atom stereocenters. The Morgan fingerprint density at radius 2 is 1.87 bits per heavy atom. The summed E-state index contributed by atoms with van der Waals surface area (Å²) >= 11 is 1.29. The van der Waals surface area contributed by atoms with Gasteiger partial charge in [-0.2, -0.15) is 0 Å². The number of hydrogen-bond donors (Lipinski definition) is 2. The van der Waals surface area contributed by atoms with Gasteiger partial charge < -0.3 is 20.3 Å². The fourth-order valence-electron chi connectivity index (χ4n) is 3.24. The summed E-state index contributed by atoms with van der Waals surface area (Å²) in [6, 6.07) is 6.58. The zero-order valence-electron chi connectivity index (χ0n) is 17.9. The molecule has 31 heavy (non-hydrogen) atoms. The van der Waals surface area contributed by atoms with Crippen LogP contribution in [-0.2, 0) is 9.53 Å². The molecule has 166 valence electrons. The maximum absolute atomic E-state index is 12.4. The lowest BCUT2D eigenvalue weighted by Gasteiger charge is -2.31. The summed E-state index contributed by atoms with van der Waals surface area (Å²) in [5.74, 6) is -0.585. The number of ether oxygens (including phenoxy) is 1. The highest BCUT2D eigenvalue weighted by Gasteiger charge is 2.28. The Labute approximate surface area is 185 Å². The number of nitrogens with zero attached hydrogens (tertiary/aromatic N) is 3. The minimum Gasteiger partial charge on any atom is -0.464 e. The van der Waals surface area contributed by atoms with Gasteiger partial charge in [-0.25, -0.2) is 9.59 Å². The average molecular weight is 446 g/mol. The number of carbonyl (C=O) groups is 3. The first-order valence-electron chi connectivity index (χ1n) is 10.3. The standard InChI is InChI=1S/C21H27N5O4S/c1-4-30-20(28)14(3)22-21(29)26-11-9-15(10-12-26)18-24-25-19(31-18)17(27)23-16-7-5-13(2)6-8-16/h5-8,14-15H,4,9-12H2,1-3H3,(H,22,29)(H,23,27)/t14-/m0/s1. The van der Waals surface area contributed by atoms with Crippen LogP contribution < -0.4 is 10.6 Å². The predicted molar refractivity (Wildman–Crippen MR) is 117 cm³/mol. The van der Waals surface area contributed by atoms with Gasteiger partial charge in [-0.15, -0.1) is 10.2 Å². The van der Waals surface area contributed by atoms with Crippen LogP contribution in [0.3, 0.4) is 0 Å². The van der Waals surface area contributed by atoms with Crippen LogP contribution in [-0.4, -0.2) is 58.7 Å². The molecular weight excluding hydrogens is 418 g/mol. The van der Waals surface area contributed by atoms with E-state index >= 15 is 0 Å². The first-order chi connectivity index (χ1) is 14.9. The number of rotatable bonds is 6. The third kappa shape index (κ3) is 6.00. The van der Waals surface area contributed by atoms with Crippen LogP contribution in [0.25, 0.3) is 0 Å². The van der Waals surface area contributed by atoms with Crippen molar-refractivity contribution < 1.29 is 19.1 Å². The number of amides is 3. The summed E-state index contributed by atoms with van der Waals surface area (Å²) in [6.45, 7) is 6.66. The van der Waals surface area contributed by atoms with Crippen molar-refractivity contribution in [2.75, 3.05) is 25.0 Å². The number of aryl methyl sites for hydroxylation is 1. The molecule has 3 rings (SSSR count). The molecule has 3 amide bonds. The van der Waals surface area contributed by atoms with Gasteiger partial charge >= 0.3 is 12.0 Å². The van der Waals surface area contributed by atoms with Gasteiger partial charge in [-0.05, 0) is 45.7 Å². The topological polar surface area (TPSA) is 114 Å². The lowest BCUT2D eigenvalue weighted by molar-refractivity contribution is -0.144. The van der Waals surface area contributed by atoms with E-state index in [1.165, 1.54) is 11.3 Å². The van der Waals surface area contributed by atoms with Crippen molar-refractivity contribution in [3.63, 3.8) is 0 Å². The van der Waals surface area contributed by atoms with Crippen molar-refractivity contribution >= 4 is 34.9 Å². The van der Waals surface area contributed by atoms with Crippen LogP contribution in [0.15, 0.2) is 24.3 Å². The summed E-state index contributed by atoms with van der Waals surface area (Å²) in [5.41, 5.74) is 1.83. The molecule has 0 saturated carbocycles. The van der Waals surface area contributed by atoms with Crippen LogP contribution in [0.4, 0.5) is 10.5 Å². The fourth-order valence-corrected chi connectivity index (χ4v) is 4.15. The lowest BCUT2D eigenvalue weighted by atomic mass is 9.98. The number of piperidine rings is 1. The number of aromatic nitrogens is 2. The van der Waals surface area contributed by atoms with E-state index < -0.39 is 12.0 Å². The van der Waals surface area contributed by atoms with Gasteiger partial charge in [0.25, 0.3) is 5.91 Å². The molecule has 2 aromatic rings. The molecule has 1 aliphatic rings. The zero-order valence-corrected chi connectivity index (χ0v) is 18.7. The average Bonchev–Trinajstić information content (AvgIpc) is 3.26. The molecule has 1 aliphatic heterocycles. The van der Waals surface area contributed by atoms with Crippen LogP contribution in [0.2, 0.25) is 0 Å². The lowest BCUT2D eigenvalue weighted by Crippen LogP contribution is -2.49. The van der Waals surface area contributed by atoms with Crippen molar-refractivity contribution in [2.24, 2.45) is 0 Å². The molecule has 2 N–H and O–H groups in total. The monoisotopic (exact) mass is 445 g/mol. The quantitative estimate of drug-likeness (QED) is 0.661. The Morgan fingerprint density at radius 1 is 1.19 bits per heavy atom. The summed E-state index contributed by atoms with van der Waals surface area (Å²) in [6.07, 6.45) is 1.44. The Morgan fingerprint density at radius 3 is 2.52 bits per heavy atom. The van der Waals surface area contributed by atoms with Crippen LogP contribution in [0.1, 0.15) is 53.0 Å². The molecule has 2 heterocycles. The number of nitrogens with one attached hydrogen (secondary N) is 2. The number of esters is 1. The molecule has 10 heteroatoms. The van der Waals surface area contributed by atoms with Gasteiger partial charge in [0.2, 0.25) is 5.01 Å². The molecule has 1 atom stereocenters. The van der Waals surface area contributed by atoms with E-state index in [1.54, 1.807) is 18.7 Å². The molecule has 0 aliphatic carbocycles. The van der Waals surface area contributed by atoms with E-state index in [-0.39, 0.29) is 24.5 Å². The second-order valence-electron chi connectivity index (χ2n) is 7.45. The number of hydrogen-bond acceptors (Lipinski definition) is 7. The summed E-state index contributed by atoms with van der Waals surface area (Å²) in [7, 11) is 0. The third-order valence-corrected chi connectivity index (χ3v) is 6.14. The molecule has 0 radical (unpaired) electrons. The van der Waals surface area contributed by atoms with Gasteiger partial charge in [0.1, 0.15) is 11.0 Å². The Hall–Kier alpha value is -3.01. The Bertz CT molecular complexity index is 922. The number of benzene rings is 1. The fraction of sp³-hybridized carbons (Fsp3) is 0.476. The van der Waals surface area contributed by atoms with Gasteiger partial charge in [0.05, 0.1) is 6.61 Å². The van der Waals surface area contributed by atoms with Crippen molar-refractivity contribution in [1.29, 1.82) is 0 Å². The van der Waals surface area contributed by atoms with E-state index in [0.717, 1.165) is 23.4 Å². The Balaban J connectivity index is 1.50. The number of anilines is 1. The van der Waals surface area contributed by atoms with Crippen molar-refractivity contribution in [3.05, 3.63) is 39.8 Å². The smallest absolute Gasteiger partial charge is 0.328 e.